The topological polar surface area (TPSA) is 15.6 Å². The highest BCUT2D eigenvalue weighted by atomic mass is 15.1. The third kappa shape index (κ3) is 2.94. The molecule has 0 N–H and O–H groups in total. The van der Waals surface area contributed by atoms with Gasteiger partial charge in [-0.25, -0.2) is 0 Å². The van der Waals surface area contributed by atoms with E-state index < -0.39 is 0 Å². The summed E-state index contributed by atoms with van der Waals surface area (Å²) in [5.74, 6) is 0.851. The fraction of sp³-hybridized carbons (Fsp3) is 0.786. The van der Waals surface area contributed by atoms with E-state index in [9.17, 15) is 0 Å². The largest absolute Gasteiger partial charge is 0.299 e. The highest BCUT2D eigenvalue weighted by Crippen LogP contribution is 2.33. The van der Waals surface area contributed by atoms with E-state index in [1.807, 2.05) is 12.4 Å². The first kappa shape index (κ1) is 11.8. The average molecular weight is 220 g/mol. The Morgan fingerprint density at radius 3 is 2.88 bits per heavy atom. The molecule has 1 unspecified atom stereocenters. The summed E-state index contributed by atoms with van der Waals surface area (Å²) in [7, 11) is 0. The van der Waals surface area contributed by atoms with Gasteiger partial charge in [0.2, 0.25) is 0 Å². The second kappa shape index (κ2) is 4.70. The average Bonchev–Trinajstić information content (AvgIpc) is 2.70. The van der Waals surface area contributed by atoms with E-state index in [4.69, 9.17) is 0 Å². The fourth-order valence-corrected chi connectivity index (χ4v) is 2.68. The molecule has 2 nitrogen and oxygen atoms in total. The quantitative estimate of drug-likeness (QED) is 0.698. The Labute approximate surface area is 99.4 Å². The summed E-state index contributed by atoms with van der Waals surface area (Å²) < 4.78 is 0. The number of likely N-dealkylation sites (tertiary alicyclic amines) is 1. The lowest BCUT2D eigenvalue weighted by Crippen LogP contribution is -2.41. The van der Waals surface area contributed by atoms with Gasteiger partial charge in [0.25, 0.3) is 0 Å². The normalized spacial score (nSPS) is 27.2. The molecule has 0 saturated carbocycles. The highest BCUT2D eigenvalue weighted by Gasteiger charge is 2.29. The Hall–Kier alpha value is -0.630. The molecule has 1 saturated heterocycles. The van der Waals surface area contributed by atoms with Crippen LogP contribution < -0.4 is 0 Å². The van der Waals surface area contributed by atoms with Gasteiger partial charge in [0.15, 0.2) is 0 Å². The zero-order chi connectivity index (χ0) is 11.6. The molecule has 1 fully saturated rings. The minimum absolute atomic E-state index is 0.458. The summed E-state index contributed by atoms with van der Waals surface area (Å²) in [6.45, 7) is 10.8. The van der Waals surface area contributed by atoms with E-state index >= 15 is 0 Å². The van der Waals surface area contributed by atoms with Crippen LogP contribution in [0.5, 0.6) is 0 Å². The first-order chi connectivity index (χ1) is 7.55. The SMILES string of the molecule is CC(C)(C)C1CCCN(CC2=CN=CC2)C1. The van der Waals surface area contributed by atoms with Gasteiger partial charge in [-0.3, -0.25) is 9.89 Å². The lowest BCUT2D eigenvalue weighted by molar-refractivity contribution is 0.106. The van der Waals surface area contributed by atoms with E-state index in [0.29, 0.717) is 5.41 Å². The van der Waals surface area contributed by atoms with Crippen LogP contribution in [-0.2, 0) is 0 Å². The molecular weight excluding hydrogens is 196 g/mol. The number of hydrogen-bond acceptors (Lipinski definition) is 2. The highest BCUT2D eigenvalue weighted by molar-refractivity contribution is 5.65. The van der Waals surface area contributed by atoms with Crippen molar-refractivity contribution in [1.82, 2.24) is 4.90 Å². The van der Waals surface area contributed by atoms with Crippen molar-refractivity contribution in [3.63, 3.8) is 0 Å². The third-order valence-electron chi connectivity index (χ3n) is 3.87. The molecule has 0 radical (unpaired) electrons. The Bertz CT molecular complexity index is 296. The molecule has 0 bridgehead atoms. The second-order valence-electron chi connectivity index (χ2n) is 6.26. The molecule has 2 aliphatic rings. The van der Waals surface area contributed by atoms with Gasteiger partial charge in [0, 0.05) is 31.9 Å². The molecule has 16 heavy (non-hydrogen) atoms. The lowest BCUT2D eigenvalue weighted by atomic mass is 9.76. The van der Waals surface area contributed by atoms with E-state index in [2.05, 4.69) is 30.7 Å². The predicted molar refractivity (Wildman–Crippen MR) is 69.8 cm³/mol. The summed E-state index contributed by atoms with van der Waals surface area (Å²) in [5, 5.41) is 0. The zero-order valence-corrected chi connectivity index (χ0v) is 10.9. The van der Waals surface area contributed by atoms with Gasteiger partial charge in [-0.2, -0.15) is 0 Å². The van der Waals surface area contributed by atoms with Crippen molar-refractivity contribution in [3.8, 4) is 0 Å². The smallest absolute Gasteiger partial charge is 0.0272 e. The minimum atomic E-state index is 0.458. The van der Waals surface area contributed by atoms with Crippen LogP contribution in [-0.4, -0.2) is 30.7 Å². The first-order valence-electron chi connectivity index (χ1n) is 6.47. The van der Waals surface area contributed by atoms with Gasteiger partial charge < -0.3 is 0 Å². The van der Waals surface area contributed by atoms with E-state index in [-0.39, 0.29) is 0 Å². The summed E-state index contributed by atoms with van der Waals surface area (Å²) in [6, 6.07) is 0. The van der Waals surface area contributed by atoms with Gasteiger partial charge in [0.1, 0.15) is 0 Å². The van der Waals surface area contributed by atoms with Crippen LogP contribution in [0, 0.1) is 11.3 Å². The number of nitrogens with zero attached hydrogens (tertiary/aromatic N) is 2. The Balaban J connectivity index is 1.87. The Kier molecular flexibility index (Phi) is 3.48. The minimum Gasteiger partial charge on any atom is -0.299 e. The molecule has 0 amide bonds. The van der Waals surface area contributed by atoms with Gasteiger partial charge in [-0.15, -0.1) is 0 Å². The number of hydrogen-bond donors (Lipinski definition) is 0. The van der Waals surface area contributed by atoms with Crippen LogP contribution in [0.15, 0.2) is 16.8 Å². The van der Waals surface area contributed by atoms with Crippen molar-refractivity contribution in [3.05, 3.63) is 11.8 Å². The Morgan fingerprint density at radius 2 is 2.25 bits per heavy atom. The van der Waals surface area contributed by atoms with Crippen LogP contribution in [0.3, 0.4) is 0 Å². The van der Waals surface area contributed by atoms with E-state index in [1.165, 1.54) is 31.5 Å². The molecule has 2 heteroatoms. The standard InChI is InChI=1S/C14H24N2/c1-14(2,3)13-5-4-8-16(11-13)10-12-6-7-15-9-12/h7,9,13H,4-6,8,10-11H2,1-3H3. The maximum absolute atomic E-state index is 4.18. The molecule has 2 rings (SSSR count). The summed E-state index contributed by atoms with van der Waals surface area (Å²) in [5.41, 5.74) is 1.94. The molecule has 2 aliphatic heterocycles. The summed E-state index contributed by atoms with van der Waals surface area (Å²) in [6.07, 6.45) is 7.88. The molecule has 0 aromatic heterocycles. The fourth-order valence-electron chi connectivity index (χ4n) is 2.68. The summed E-state index contributed by atoms with van der Waals surface area (Å²) in [4.78, 5) is 6.80. The summed E-state index contributed by atoms with van der Waals surface area (Å²) >= 11 is 0. The third-order valence-corrected chi connectivity index (χ3v) is 3.87. The Morgan fingerprint density at radius 1 is 1.44 bits per heavy atom. The van der Waals surface area contributed by atoms with Crippen molar-refractivity contribution in [2.45, 2.75) is 40.0 Å². The van der Waals surface area contributed by atoms with Gasteiger partial charge in [-0.1, -0.05) is 20.8 Å². The molecule has 0 aromatic carbocycles. The zero-order valence-electron chi connectivity index (χ0n) is 10.9. The monoisotopic (exact) mass is 220 g/mol. The number of aliphatic imine (C=N–C) groups is 1. The van der Waals surface area contributed by atoms with E-state index in [0.717, 1.165) is 18.9 Å². The van der Waals surface area contributed by atoms with Gasteiger partial charge in [0.05, 0.1) is 0 Å². The van der Waals surface area contributed by atoms with Crippen molar-refractivity contribution in [2.24, 2.45) is 16.3 Å². The van der Waals surface area contributed by atoms with Crippen molar-refractivity contribution >= 4 is 6.21 Å². The molecule has 1 atom stereocenters. The van der Waals surface area contributed by atoms with Gasteiger partial charge in [-0.05, 0) is 36.3 Å². The van der Waals surface area contributed by atoms with Crippen LogP contribution >= 0.6 is 0 Å². The molecular formula is C14H24N2. The lowest BCUT2D eigenvalue weighted by Gasteiger charge is -2.39. The van der Waals surface area contributed by atoms with Crippen LogP contribution in [0.4, 0.5) is 0 Å². The van der Waals surface area contributed by atoms with Crippen molar-refractivity contribution in [2.75, 3.05) is 19.6 Å². The van der Waals surface area contributed by atoms with Crippen LogP contribution in [0.1, 0.15) is 40.0 Å². The van der Waals surface area contributed by atoms with Crippen LogP contribution in [0.2, 0.25) is 0 Å². The second-order valence-corrected chi connectivity index (χ2v) is 6.26. The van der Waals surface area contributed by atoms with Crippen molar-refractivity contribution in [1.29, 1.82) is 0 Å². The molecule has 2 heterocycles. The number of rotatable bonds is 2. The first-order valence-corrected chi connectivity index (χ1v) is 6.47. The van der Waals surface area contributed by atoms with E-state index in [1.54, 1.807) is 0 Å². The van der Waals surface area contributed by atoms with Crippen LogP contribution in [0.25, 0.3) is 0 Å². The maximum Gasteiger partial charge on any atom is 0.0272 e. The molecule has 0 spiro atoms. The number of piperidine rings is 1. The molecule has 90 valence electrons. The molecule has 0 aliphatic carbocycles. The molecule has 0 aromatic rings. The predicted octanol–water partition coefficient (Wildman–Crippen LogP) is 3.10. The van der Waals surface area contributed by atoms with Crippen molar-refractivity contribution < 1.29 is 0 Å². The van der Waals surface area contributed by atoms with Gasteiger partial charge >= 0.3 is 0 Å². The maximum atomic E-state index is 4.18.